The van der Waals surface area contributed by atoms with Crippen LogP contribution in [0.15, 0.2) is 28.5 Å². The zero-order valence-corrected chi connectivity index (χ0v) is 34.8. The molecule has 0 atom stereocenters. The normalized spacial score (nSPS) is 24.8. The number of hydrogen-bond acceptors (Lipinski definition) is 8. The van der Waals surface area contributed by atoms with Gasteiger partial charge in [0.2, 0.25) is 0 Å². The topological polar surface area (TPSA) is 71.1 Å². The minimum atomic E-state index is -0.423. The van der Waals surface area contributed by atoms with E-state index in [0.717, 1.165) is 39.2 Å². The molecule has 6 nitrogen and oxygen atoms in total. The Morgan fingerprint density at radius 3 is 1.62 bits per heavy atom. The largest absolute Gasteiger partial charge is 0.505 e. The molecule has 9 heteroatoms. The van der Waals surface area contributed by atoms with Crippen molar-refractivity contribution in [3.63, 3.8) is 0 Å². The predicted molar refractivity (Wildman–Crippen MR) is 212 cm³/mol. The van der Waals surface area contributed by atoms with Gasteiger partial charge >= 0.3 is 19.1 Å². The molecule has 0 amide bonds. The van der Waals surface area contributed by atoms with Crippen molar-refractivity contribution in [3.05, 3.63) is 55.6 Å². The molecule has 0 N–H and O–H groups in total. The molecule has 3 heterocycles. The van der Waals surface area contributed by atoms with E-state index in [9.17, 15) is 9.59 Å². The summed E-state index contributed by atoms with van der Waals surface area (Å²) in [5, 5.41) is 3.73. The molecule has 1 aliphatic heterocycles. The summed E-state index contributed by atoms with van der Waals surface area (Å²) in [5.74, 6) is 2.86. The summed E-state index contributed by atoms with van der Waals surface area (Å²) in [6, 6.07) is 0. The van der Waals surface area contributed by atoms with Gasteiger partial charge in [-0.05, 0) is 128 Å². The Balaban J connectivity index is 0.000000212. The van der Waals surface area contributed by atoms with Crippen molar-refractivity contribution in [1.29, 1.82) is 0 Å². The van der Waals surface area contributed by atoms with E-state index in [1.165, 1.54) is 87.4 Å². The van der Waals surface area contributed by atoms with Crippen LogP contribution in [0.1, 0.15) is 150 Å². The maximum atomic E-state index is 11.7. The summed E-state index contributed by atoms with van der Waals surface area (Å²) in [5.41, 5.74) is 5.53. The van der Waals surface area contributed by atoms with E-state index < -0.39 is 7.12 Å². The minimum absolute atomic E-state index is 0.224. The third-order valence-corrected chi connectivity index (χ3v) is 13.8. The van der Waals surface area contributed by atoms with Crippen LogP contribution in [0.25, 0.3) is 5.57 Å². The average Bonchev–Trinajstić information content (AvgIpc) is 3.73. The Morgan fingerprint density at radius 2 is 1.18 bits per heavy atom. The fraction of sp³-hybridized carbons (Fsp3) is 0.659. The van der Waals surface area contributed by atoms with Gasteiger partial charge in [0.05, 0.1) is 36.5 Å². The van der Waals surface area contributed by atoms with E-state index in [1.807, 2.05) is 46.9 Å². The van der Waals surface area contributed by atoms with Crippen LogP contribution >= 0.6 is 22.7 Å². The first-order valence-corrected chi connectivity index (χ1v) is 20.2. The van der Waals surface area contributed by atoms with Crippen molar-refractivity contribution in [3.8, 4) is 0 Å². The predicted octanol–water partition coefficient (Wildman–Crippen LogP) is 11.0. The number of thiophene rings is 2. The van der Waals surface area contributed by atoms with E-state index in [-0.39, 0.29) is 23.1 Å². The van der Waals surface area contributed by atoms with Crippen molar-refractivity contribution < 1.29 is 28.4 Å². The van der Waals surface area contributed by atoms with Crippen molar-refractivity contribution in [2.24, 2.45) is 23.7 Å². The smallest absolute Gasteiger partial charge is 0.465 e. The van der Waals surface area contributed by atoms with Crippen LogP contribution in [0.5, 0.6) is 0 Å². The standard InChI is InChI=1S/C17H24O2S.C13H19BO4S.C11H20/c1-5-14(13-8-6-11(2)7-9-13)16-12(3)15(10-20-16)17(18)19-4;1-8-9(11(15)16-6)7-19-10(8)14-17-12(2,3)13(4,5)18-14;1-4-10(3)11-7-5-9(2)6-8-11/h5,10-11,13H,6-9H2,1-4H3;7H,1-6H3;4,9,11H,5-8H2,1-3H3/b14-5+;;10-4-. The van der Waals surface area contributed by atoms with E-state index >= 15 is 0 Å². The Labute approximate surface area is 311 Å². The molecule has 0 unspecified atom stereocenters. The molecule has 2 aromatic rings. The van der Waals surface area contributed by atoms with Gasteiger partial charge in [-0.1, -0.05) is 57.3 Å². The quantitative estimate of drug-likeness (QED) is 0.168. The highest BCUT2D eigenvalue weighted by atomic mass is 32.1. The van der Waals surface area contributed by atoms with Crippen molar-refractivity contribution >= 4 is 52.1 Å². The molecule has 5 rings (SSSR count). The fourth-order valence-electron chi connectivity index (χ4n) is 7.01. The minimum Gasteiger partial charge on any atom is -0.465 e. The number of rotatable bonds is 6. The first-order valence-electron chi connectivity index (χ1n) is 18.5. The van der Waals surface area contributed by atoms with Crippen LogP contribution < -0.4 is 4.78 Å². The lowest BCUT2D eigenvalue weighted by Gasteiger charge is -2.32. The number of carbonyl (C=O) groups excluding carboxylic acids is 2. The third-order valence-electron chi connectivity index (χ3n) is 11.5. The van der Waals surface area contributed by atoms with Gasteiger partial charge in [0.15, 0.2) is 0 Å². The summed E-state index contributed by atoms with van der Waals surface area (Å²) in [4.78, 5) is 24.6. The number of methoxy groups -OCH3 is 2. The van der Waals surface area contributed by atoms with Crippen LogP contribution in [0.4, 0.5) is 0 Å². The van der Waals surface area contributed by atoms with E-state index in [1.54, 1.807) is 22.3 Å². The molecule has 3 aliphatic rings. The van der Waals surface area contributed by atoms with E-state index in [4.69, 9.17) is 18.8 Å². The van der Waals surface area contributed by atoms with Gasteiger partial charge in [0.1, 0.15) is 0 Å². The van der Waals surface area contributed by atoms with Gasteiger partial charge in [0.25, 0.3) is 0 Å². The number of ether oxygens (including phenoxy) is 2. The maximum Gasteiger partial charge on any atom is 0.505 e. The highest BCUT2D eigenvalue weighted by molar-refractivity contribution is 7.21. The number of hydrogen-bond donors (Lipinski definition) is 0. The van der Waals surface area contributed by atoms with Gasteiger partial charge in [-0.2, -0.15) is 11.3 Å². The molecule has 2 aliphatic carbocycles. The zero-order chi connectivity index (χ0) is 37.4. The lowest BCUT2D eigenvalue weighted by atomic mass is 9.78. The molecular formula is C41H63BO6S2. The van der Waals surface area contributed by atoms with E-state index in [0.29, 0.717) is 11.5 Å². The Bertz CT molecular complexity index is 1470. The van der Waals surface area contributed by atoms with Crippen molar-refractivity contribution in [2.75, 3.05) is 14.2 Å². The SMILES string of the molecule is C/C=C(/C)C1CCC(C)CC1.C/C=C(/c1scc(C(=O)OC)c1C)C1CCC(C)CC1.COC(=O)c1csc(B2OC(C)(C)C(C)(C)O2)c1C. The molecule has 278 valence electrons. The second kappa shape index (κ2) is 18.5. The number of carbonyl (C=O) groups is 2. The summed E-state index contributed by atoms with van der Waals surface area (Å²) >= 11 is 3.15. The second-order valence-electron chi connectivity index (χ2n) is 15.5. The molecule has 0 bridgehead atoms. The lowest BCUT2D eigenvalue weighted by molar-refractivity contribution is 0.00578. The van der Waals surface area contributed by atoms with Crippen LogP contribution in [-0.2, 0) is 18.8 Å². The van der Waals surface area contributed by atoms with Crippen LogP contribution in [0.3, 0.4) is 0 Å². The Hall–Kier alpha value is -2.20. The first-order chi connectivity index (χ1) is 23.5. The highest BCUT2D eigenvalue weighted by Crippen LogP contribution is 2.41. The fourth-order valence-corrected chi connectivity index (χ4v) is 9.24. The number of esters is 2. The molecule has 2 aromatic heterocycles. The van der Waals surface area contributed by atoms with Gasteiger partial charge < -0.3 is 18.8 Å². The molecule has 0 radical (unpaired) electrons. The monoisotopic (exact) mass is 726 g/mol. The highest BCUT2D eigenvalue weighted by Gasteiger charge is 2.52. The molecule has 2 saturated carbocycles. The van der Waals surface area contributed by atoms with Gasteiger partial charge in [-0.15, -0.1) is 11.3 Å². The summed E-state index contributed by atoms with van der Waals surface area (Å²) in [6.07, 6.45) is 15.4. The maximum absolute atomic E-state index is 11.7. The third kappa shape index (κ3) is 10.2. The van der Waals surface area contributed by atoms with Gasteiger partial charge in [-0.3, -0.25) is 0 Å². The summed E-state index contributed by atoms with van der Waals surface area (Å²) < 4.78 is 22.5. The zero-order valence-electron chi connectivity index (χ0n) is 33.1. The van der Waals surface area contributed by atoms with Crippen LogP contribution in [0, 0.1) is 37.5 Å². The van der Waals surface area contributed by atoms with Gasteiger partial charge in [-0.25, -0.2) is 9.59 Å². The Kier molecular flexibility index (Phi) is 15.6. The summed E-state index contributed by atoms with van der Waals surface area (Å²) in [6.45, 7) is 23.2. The average molecular weight is 727 g/mol. The molecule has 1 saturated heterocycles. The Morgan fingerprint density at radius 1 is 0.740 bits per heavy atom. The molecule has 0 spiro atoms. The lowest BCUT2D eigenvalue weighted by Crippen LogP contribution is -2.41. The molecule has 3 fully saturated rings. The second-order valence-corrected chi connectivity index (χ2v) is 17.3. The summed E-state index contributed by atoms with van der Waals surface area (Å²) in [7, 11) is 2.40. The van der Waals surface area contributed by atoms with Gasteiger partial charge in [0, 0.05) is 20.4 Å². The molecule has 0 aromatic carbocycles. The van der Waals surface area contributed by atoms with Crippen molar-refractivity contribution in [1.82, 2.24) is 0 Å². The van der Waals surface area contributed by atoms with E-state index in [2.05, 4.69) is 46.8 Å². The number of allylic oxidation sites excluding steroid dienone is 4. The molecule has 50 heavy (non-hydrogen) atoms. The van der Waals surface area contributed by atoms with Crippen LogP contribution in [0.2, 0.25) is 0 Å². The molecular weight excluding hydrogens is 663 g/mol. The van der Waals surface area contributed by atoms with Crippen molar-refractivity contribution in [2.45, 2.75) is 139 Å². The van der Waals surface area contributed by atoms with Crippen LogP contribution in [-0.4, -0.2) is 44.5 Å². The first kappa shape index (κ1) is 42.2.